The van der Waals surface area contributed by atoms with Crippen LogP contribution in [-0.2, 0) is 9.36 Å². The second kappa shape index (κ2) is 2.93. The van der Waals surface area contributed by atoms with Crippen LogP contribution >= 0.6 is 7.60 Å². The highest BCUT2D eigenvalue weighted by molar-refractivity contribution is 7.49. The largest absolute Gasteiger partial charge is 0.810 e. The summed E-state index contributed by atoms with van der Waals surface area (Å²) in [4.78, 5) is 29.3. The summed E-state index contributed by atoms with van der Waals surface area (Å²) in [6, 6.07) is 0. The van der Waals surface area contributed by atoms with Crippen LogP contribution < -0.4 is 15.3 Å². The summed E-state index contributed by atoms with van der Waals surface area (Å²) in [6.45, 7) is 0. The number of hydroxylamine groups is 1. The standard InChI is InChI=1S/C2H6NO5P/c4-2(3-5)1-9(6,7)8/h5H,1H2,(H,3,4)(H2,6,7,8)/p-2. The molecule has 0 aromatic rings. The van der Waals surface area contributed by atoms with Crippen molar-refractivity contribution >= 4 is 13.5 Å². The monoisotopic (exact) mass is 153 g/mol. The van der Waals surface area contributed by atoms with Gasteiger partial charge >= 0.3 is 0 Å². The number of hydrogen-bond acceptors (Lipinski definition) is 5. The van der Waals surface area contributed by atoms with Crippen LogP contribution in [0.1, 0.15) is 0 Å². The van der Waals surface area contributed by atoms with Crippen LogP contribution in [0.25, 0.3) is 0 Å². The zero-order valence-electron chi connectivity index (χ0n) is 4.23. The first kappa shape index (κ1) is 8.58. The second-order valence-electron chi connectivity index (χ2n) is 1.30. The highest BCUT2D eigenvalue weighted by Gasteiger charge is 1.99. The SMILES string of the molecule is O=C(CP(=O)([O-])[O-])NO. The van der Waals surface area contributed by atoms with Crippen LogP contribution in [0.15, 0.2) is 0 Å². The van der Waals surface area contributed by atoms with Crippen molar-refractivity contribution in [3.63, 3.8) is 0 Å². The van der Waals surface area contributed by atoms with E-state index in [0.717, 1.165) is 5.48 Å². The molecule has 9 heavy (non-hydrogen) atoms. The third-order valence-electron chi connectivity index (χ3n) is 0.462. The summed E-state index contributed by atoms with van der Waals surface area (Å²) in [6.07, 6.45) is -1.20. The summed E-state index contributed by atoms with van der Waals surface area (Å²) < 4.78 is 9.70. The number of amides is 1. The molecule has 0 rings (SSSR count). The number of carbonyl (C=O) groups excluding carboxylic acids is 1. The first-order valence-corrected chi connectivity index (χ1v) is 3.62. The Morgan fingerprint density at radius 2 is 2.11 bits per heavy atom. The molecule has 0 bridgehead atoms. The molecule has 0 fully saturated rings. The Hall–Kier alpha value is -0.420. The number of hydrogen-bond donors (Lipinski definition) is 2. The lowest BCUT2D eigenvalue weighted by Gasteiger charge is -2.27. The van der Waals surface area contributed by atoms with Gasteiger partial charge in [0.15, 0.2) is 0 Å². The maximum absolute atomic E-state index is 9.89. The molecule has 0 aliphatic rings. The molecule has 0 unspecified atom stereocenters. The van der Waals surface area contributed by atoms with Crippen LogP contribution in [0.4, 0.5) is 0 Å². The Labute approximate surface area is 50.6 Å². The van der Waals surface area contributed by atoms with Gasteiger partial charge < -0.3 is 14.4 Å². The molecule has 2 N–H and O–H groups in total. The van der Waals surface area contributed by atoms with Crippen molar-refractivity contribution < 1.29 is 24.4 Å². The van der Waals surface area contributed by atoms with Gasteiger partial charge in [0.25, 0.3) is 0 Å². The lowest BCUT2D eigenvalue weighted by atomic mass is 10.8. The maximum atomic E-state index is 9.89. The average molecular weight is 153 g/mol. The third kappa shape index (κ3) is 5.45. The first-order valence-electron chi connectivity index (χ1n) is 1.90. The van der Waals surface area contributed by atoms with E-state index in [4.69, 9.17) is 5.21 Å². The van der Waals surface area contributed by atoms with E-state index in [0.29, 0.717) is 0 Å². The molecule has 0 aliphatic heterocycles. The van der Waals surface area contributed by atoms with E-state index in [1.807, 2.05) is 0 Å². The quantitative estimate of drug-likeness (QED) is 0.256. The summed E-state index contributed by atoms with van der Waals surface area (Å²) >= 11 is 0. The zero-order chi connectivity index (χ0) is 7.49. The molecule has 0 aromatic heterocycles. The van der Waals surface area contributed by atoms with E-state index >= 15 is 0 Å². The molecule has 0 atom stereocenters. The van der Waals surface area contributed by atoms with Crippen molar-refractivity contribution in [3.8, 4) is 0 Å². The van der Waals surface area contributed by atoms with Crippen molar-refractivity contribution in [2.75, 3.05) is 6.16 Å². The molecule has 7 heteroatoms. The molecule has 0 aromatic carbocycles. The Morgan fingerprint density at radius 3 is 2.22 bits per heavy atom. The van der Waals surface area contributed by atoms with Crippen LogP contribution in [-0.4, -0.2) is 17.3 Å². The smallest absolute Gasteiger partial charge is 0.248 e. The minimum Gasteiger partial charge on any atom is -0.810 e. The summed E-state index contributed by atoms with van der Waals surface area (Å²) in [5.74, 6) is -1.22. The van der Waals surface area contributed by atoms with Gasteiger partial charge in [-0.25, -0.2) is 5.48 Å². The van der Waals surface area contributed by atoms with Crippen molar-refractivity contribution in [2.45, 2.75) is 0 Å². The molecule has 0 spiro atoms. The fraction of sp³-hybridized carbons (Fsp3) is 0.500. The van der Waals surface area contributed by atoms with Crippen LogP contribution in [0.2, 0.25) is 0 Å². The minimum absolute atomic E-state index is 1.01. The van der Waals surface area contributed by atoms with Crippen LogP contribution in [0, 0.1) is 0 Å². The highest BCUT2D eigenvalue weighted by Crippen LogP contribution is 2.20. The third-order valence-corrected chi connectivity index (χ3v) is 1.14. The summed E-state index contributed by atoms with van der Waals surface area (Å²) in [5, 5.41) is 7.70. The number of nitrogens with one attached hydrogen (secondary N) is 1. The fourth-order valence-corrected chi connectivity index (χ4v) is 0.634. The van der Waals surface area contributed by atoms with E-state index in [1.165, 1.54) is 0 Å². The summed E-state index contributed by atoms with van der Waals surface area (Å²) in [7, 11) is -4.81. The van der Waals surface area contributed by atoms with Gasteiger partial charge in [0.2, 0.25) is 5.91 Å². The Morgan fingerprint density at radius 1 is 1.67 bits per heavy atom. The van der Waals surface area contributed by atoms with Gasteiger partial charge in [0, 0.05) is 0 Å². The van der Waals surface area contributed by atoms with Crippen molar-refractivity contribution in [1.29, 1.82) is 0 Å². The van der Waals surface area contributed by atoms with Gasteiger partial charge in [0.1, 0.15) is 0 Å². The Kier molecular flexibility index (Phi) is 2.80. The molecule has 1 amide bonds. The fourth-order valence-electron chi connectivity index (χ4n) is 0.211. The van der Waals surface area contributed by atoms with Gasteiger partial charge in [-0.2, -0.15) is 0 Å². The Bertz CT molecular complexity index is 149. The van der Waals surface area contributed by atoms with Gasteiger partial charge in [-0.1, -0.05) is 7.60 Å². The first-order chi connectivity index (χ1) is 3.95. The zero-order valence-corrected chi connectivity index (χ0v) is 5.13. The van der Waals surface area contributed by atoms with E-state index in [1.54, 1.807) is 0 Å². The summed E-state index contributed by atoms with van der Waals surface area (Å²) in [5.41, 5.74) is 1.01. The van der Waals surface area contributed by atoms with E-state index in [-0.39, 0.29) is 0 Å². The highest BCUT2D eigenvalue weighted by atomic mass is 31.2. The van der Waals surface area contributed by atoms with Crippen LogP contribution in [0.5, 0.6) is 0 Å². The maximum Gasteiger partial charge on any atom is 0.248 e. The topological polar surface area (TPSA) is 113 Å². The molecule has 0 heterocycles. The minimum atomic E-state index is -4.81. The van der Waals surface area contributed by atoms with Gasteiger partial charge in [-0.05, 0) is 0 Å². The number of rotatable bonds is 2. The second-order valence-corrected chi connectivity index (χ2v) is 2.84. The molecular formula is C2H4NO5P-2. The van der Waals surface area contributed by atoms with Crippen molar-refractivity contribution in [1.82, 2.24) is 5.48 Å². The molecular weight excluding hydrogens is 149 g/mol. The lowest BCUT2D eigenvalue weighted by molar-refractivity contribution is -0.312. The lowest BCUT2D eigenvalue weighted by Crippen LogP contribution is -2.29. The average Bonchev–Trinajstić information content (AvgIpc) is 1.62. The van der Waals surface area contributed by atoms with Gasteiger partial charge in [0.05, 0.1) is 6.16 Å². The molecule has 0 saturated carbocycles. The Balaban J connectivity index is 3.75. The van der Waals surface area contributed by atoms with Gasteiger partial charge in [-0.15, -0.1) is 0 Å². The molecule has 6 nitrogen and oxygen atoms in total. The molecule has 0 radical (unpaired) electrons. The van der Waals surface area contributed by atoms with E-state index in [9.17, 15) is 19.1 Å². The molecule has 0 aliphatic carbocycles. The van der Waals surface area contributed by atoms with Crippen molar-refractivity contribution in [2.24, 2.45) is 0 Å². The normalized spacial score (nSPS) is 11.0. The molecule has 54 valence electrons. The van der Waals surface area contributed by atoms with Crippen LogP contribution in [0.3, 0.4) is 0 Å². The van der Waals surface area contributed by atoms with Crippen molar-refractivity contribution in [3.05, 3.63) is 0 Å². The van der Waals surface area contributed by atoms with Gasteiger partial charge in [-0.3, -0.25) is 10.0 Å². The van der Waals surface area contributed by atoms with E-state index < -0.39 is 19.7 Å². The predicted molar refractivity (Wildman–Crippen MR) is 22.4 cm³/mol. The van der Waals surface area contributed by atoms with E-state index in [2.05, 4.69) is 0 Å². The molecule has 0 saturated heterocycles. The number of carbonyl (C=O) groups is 1. The predicted octanol–water partition coefficient (Wildman–Crippen LogP) is -2.59.